The highest BCUT2D eigenvalue weighted by molar-refractivity contribution is 7.10. The lowest BCUT2D eigenvalue weighted by atomic mass is 10.1. The Kier molecular flexibility index (Phi) is 7.99. The summed E-state index contributed by atoms with van der Waals surface area (Å²) in [5.41, 5.74) is 0. The lowest BCUT2D eigenvalue weighted by Crippen LogP contribution is -1.93. The number of unbranched alkanes of at least 4 members (excludes halogenated alkanes) is 6. The first kappa shape index (κ1) is 14.8. The minimum Gasteiger partial charge on any atom is -0.481 e. The number of thiophene rings is 1. The Morgan fingerprint density at radius 2 is 1.89 bits per heavy atom. The van der Waals surface area contributed by atoms with Crippen molar-refractivity contribution in [3.05, 3.63) is 22.4 Å². The molecule has 0 unspecified atom stereocenters. The number of rotatable bonds is 8. The molecule has 1 aromatic heterocycles. The highest BCUT2D eigenvalue weighted by Crippen LogP contribution is 2.09. The van der Waals surface area contributed by atoms with Crippen LogP contribution in [0.25, 0.3) is 0 Å². The van der Waals surface area contributed by atoms with Crippen LogP contribution in [0, 0.1) is 11.8 Å². The van der Waals surface area contributed by atoms with Crippen LogP contribution in [0.1, 0.15) is 56.2 Å². The van der Waals surface area contributed by atoms with E-state index in [-0.39, 0.29) is 0 Å². The molecule has 0 aromatic carbocycles. The molecule has 0 fully saturated rings. The summed E-state index contributed by atoms with van der Waals surface area (Å²) in [7, 11) is 0. The fourth-order valence-electron chi connectivity index (χ4n) is 1.70. The maximum atomic E-state index is 10.3. The van der Waals surface area contributed by atoms with Gasteiger partial charge in [-0.1, -0.05) is 43.6 Å². The number of carbonyl (C=O) groups is 1. The fraction of sp³-hybridized carbons (Fsp3) is 0.533. The highest BCUT2D eigenvalue weighted by atomic mass is 32.1. The van der Waals surface area contributed by atoms with Crippen molar-refractivity contribution in [2.45, 2.75) is 51.4 Å². The van der Waals surface area contributed by atoms with Gasteiger partial charge in [-0.25, -0.2) is 0 Å². The average molecular weight is 264 g/mol. The van der Waals surface area contributed by atoms with E-state index in [0.717, 1.165) is 37.0 Å². The summed E-state index contributed by atoms with van der Waals surface area (Å²) in [5, 5.41) is 10.5. The van der Waals surface area contributed by atoms with Crippen LogP contribution in [-0.2, 0) is 4.79 Å². The molecule has 1 rings (SSSR count). The molecule has 3 heteroatoms. The first-order valence-electron chi connectivity index (χ1n) is 6.53. The van der Waals surface area contributed by atoms with E-state index in [1.54, 1.807) is 11.3 Å². The predicted octanol–water partition coefficient (Wildman–Crippen LogP) is 4.31. The number of aliphatic carboxylic acids is 1. The predicted molar refractivity (Wildman–Crippen MR) is 75.8 cm³/mol. The van der Waals surface area contributed by atoms with Crippen LogP contribution >= 0.6 is 11.3 Å². The summed E-state index contributed by atoms with van der Waals surface area (Å²) < 4.78 is 0. The average Bonchev–Trinajstić information content (AvgIpc) is 2.84. The molecular weight excluding hydrogens is 244 g/mol. The largest absolute Gasteiger partial charge is 0.481 e. The van der Waals surface area contributed by atoms with E-state index in [1.807, 2.05) is 17.5 Å². The van der Waals surface area contributed by atoms with Gasteiger partial charge in [-0.05, 0) is 24.3 Å². The molecule has 0 saturated carbocycles. The van der Waals surface area contributed by atoms with E-state index in [1.165, 1.54) is 12.8 Å². The van der Waals surface area contributed by atoms with Crippen molar-refractivity contribution < 1.29 is 9.90 Å². The number of hydrogen-bond donors (Lipinski definition) is 1. The molecule has 2 nitrogen and oxygen atoms in total. The molecule has 0 saturated heterocycles. The molecule has 0 aliphatic carbocycles. The van der Waals surface area contributed by atoms with Crippen LogP contribution in [0.4, 0.5) is 0 Å². The SMILES string of the molecule is O=C(O)CCCCCCCCC#Cc1cccs1. The molecular formula is C15H20O2S. The highest BCUT2D eigenvalue weighted by Gasteiger charge is 1.96. The molecule has 98 valence electrons. The molecule has 0 spiro atoms. The van der Waals surface area contributed by atoms with Crippen molar-refractivity contribution in [3.63, 3.8) is 0 Å². The third-order valence-corrected chi connectivity index (χ3v) is 3.46. The molecule has 0 aliphatic heterocycles. The van der Waals surface area contributed by atoms with Crippen LogP contribution in [0.15, 0.2) is 17.5 Å². The molecule has 1 N–H and O–H groups in total. The van der Waals surface area contributed by atoms with E-state index in [9.17, 15) is 4.79 Å². The molecule has 18 heavy (non-hydrogen) atoms. The summed E-state index contributed by atoms with van der Waals surface area (Å²) in [4.78, 5) is 11.4. The van der Waals surface area contributed by atoms with Gasteiger partial charge in [0.2, 0.25) is 0 Å². The van der Waals surface area contributed by atoms with Crippen molar-refractivity contribution in [3.8, 4) is 11.8 Å². The van der Waals surface area contributed by atoms with E-state index < -0.39 is 5.97 Å². The molecule has 0 bridgehead atoms. The number of hydrogen-bond acceptors (Lipinski definition) is 2. The lowest BCUT2D eigenvalue weighted by Gasteiger charge is -1.98. The number of carboxylic acid groups (broad SMARTS) is 1. The molecule has 0 atom stereocenters. The molecule has 1 aromatic rings. The molecule has 1 heterocycles. The van der Waals surface area contributed by atoms with Gasteiger partial charge in [-0.15, -0.1) is 11.3 Å². The zero-order valence-corrected chi connectivity index (χ0v) is 11.5. The summed E-state index contributed by atoms with van der Waals surface area (Å²) in [6, 6.07) is 4.06. The summed E-state index contributed by atoms with van der Waals surface area (Å²) in [5.74, 6) is 5.66. The minimum absolute atomic E-state index is 0.312. The lowest BCUT2D eigenvalue weighted by molar-refractivity contribution is -0.137. The number of carboxylic acids is 1. The second-order valence-corrected chi connectivity index (χ2v) is 5.24. The summed E-state index contributed by atoms with van der Waals surface area (Å²) in [6.45, 7) is 0. The Morgan fingerprint density at radius 1 is 1.17 bits per heavy atom. The third kappa shape index (κ3) is 7.92. The molecule has 0 aliphatic rings. The van der Waals surface area contributed by atoms with E-state index in [4.69, 9.17) is 5.11 Å². The van der Waals surface area contributed by atoms with Crippen molar-refractivity contribution in [1.29, 1.82) is 0 Å². The summed E-state index contributed by atoms with van der Waals surface area (Å²) >= 11 is 1.68. The Labute approximate surface area is 113 Å². The maximum absolute atomic E-state index is 10.3. The zero-order chi connectivity index (χ0) is 13.1. The second kappa shape index (κ2) is 9.73. The van der Waals surface area contributed by atoms with Crippen molar-refractivity contribution in [2.75, 3.05) is 0 Å². The Balaban J connectivity index is 1.88. The van der Waals surface area contributed by atoms with Gasteiger partial charge in [0.15, 0.2) is 0 Å². The minimum atomic E-state index is -0.682. The zero-order valence-electron chi connectivity index (χ0n) is 10.7. The smallest absolute Gasteiger partial charge is 0.303 e. The van der Waals surface area contributed by atoms with Crippen LogP contribution < -0.4 is 0 Å². The van der Waals surface area contributed by atoms with Gasteiger partial charge >= 0.3 is 5.97 Å². The van der Waals surface area contributed by atoms with Crippen molar-refractivity contribution in [2.24, 2.45) is 0 Å². The monoisotopic (exact) mass is 264 g/mol. The first-order chi connectivity index (χ1) is 8.79. The normalized spacial score (nSPS) is 9.78. The third-order valence-electron chi connectivity index (χ3n) is 2.68. The van der Waals surface area contributed by atoms with Gasteiger partial charge in [0.25, 0.3) is 0 Å². The van der Waals surface area contributed by atoms with Gasteiger partial charge in [0.05, 0.1) is 4.88 Å². The Morgan fingerprint density at radius 3 is 2.56 bits per heavy atom. The molecule has 0 amide bonds. The summed E-state index contributed by atoms with van der Waals surface area (Å²) in [6.07, 6.45) is 7.81. The van der Waals surface area contributed by atoms with Crippen LogP contribution in [-0.4, -0.2) is 11.1 Å². The van der Waals surface area contributed by atoms with Crippen LogP contribution in [0.2, 0.25) is 0 Å². The van der Waals surface area contributed by atoms with Crippen LogP contribution in [0.3, 0.4) is 0 Å². The Hall–Kier alpha value is -1.27. The van der Waals surface area contributed by atoms with Gasteiger partial charge < -0.3 is 5.11 Å². The quantitative estimate of drug-likeness (QED) is 0.561. The fourth-order valence-corrected chi connectivity index (χ4v) is 2.29. The Bertz CT molecular complexity index is 384. The van der Waals surface area contributed by atoms with Gasteiger partial charge in [0.1, 0.15) is 0 Å². The van der Waals surface area contributed by atoms with E-state index in [2.05, 4.69) is 11.8 Å². The van der Waals surface area contributed by atoms with Crippen LogP contribution in [0.5, 0.6) is 0 Å². The molecule has 0 radical (unpaired) electrons. The van der Waals surface area contributed by atoms with Crippen molar-refractivity contribution in [1.82, 2.24) is 0 Å². The first-order valence-corrected chi connectivity index (χ1v) is 7.41. The maximum Gasteiger partial charge on any atom is 0.303 e. The van der Waals surface area contributed by atoms with Crippen molar-refractivity contribution >= 4 is 17.3 Å². The topological polar surface area (TPSA) is 37.3 Å². The van der Waals surface area contributed by atoms with E-state index in [0.29, 0.717) is 6.42 Å². The van der Waals surface area contributed by atoms with Gasteiger partial charge in [0, 0.05) is 12.8 Å². The van der Waals surface area contributed by atoms with Gasteiger partial charge in [-0.2, -0.15) is 0 Å². The standard InChI is InChI=1S/C15H20O2S/c16-15(17)12-8-6-4-2-1-3-5-7-10-14-11-9-13-18-14/h9,11,13H,1-6,8,12H2,(H,16,17). The van der Waals surface area contributed by atoms with E-state index >= 15 is 0 Å². The second-order valence-electron chi connectivity index (χ2n) is 4.29. The van der Waals surface area contributed by atoms with Gasteiger partial charge in [-0.3, -0.25) is 4.79 Å².